The normalized spacial score (nSPS) is 18.8. The first-order chi connectivity index (χ1) is 11.0. The Kier molecular flexibility index (Phi) is 4.52. The molecule has 1 atom stereocenters. The summed E-state index contributed by atoms with van der Waals surface area (Å²) in [5, 5.41) is 4.27. The number of fused-ring (bicyclic) bond motifs is 1. The number of ether oxygens (including phenoxy) is 1. The van der Waals surface area contributed by atoms with E-state index in [-0.39, 0.29) is 11.7 Å². The summed E-state index contributed by atoms with van der Waals surface area (Å²) < 4.78 is 34.2. The van der Waals surface area contributed by atoms with Crippen LogP contribution in [0.25, 0.3) is 0 Å². The minimum absolute atomic E-state index is 0.0146. The van der Waals surface area contributed by atoms with Gasteiger partial charge in [0.1, 0.15) is 0 Å². The van der Waals surface area contributed by atoms with Crippen LogP contribution in [-0.2, 0) is 34.1 Å². The highest BCUT2D eigenvalue weighted by Crippen LogP contribution is 2.30. The lowest BCUT2D eigenvalue weighted by molar-refractivity contribution is 0.162. The molecule has 2 heterocycles. The third-order valence-corrected chi connectivity index (χ3v) is 6.00. The van der Waals surface area contributed by atoms with Crippen molar-refractivity contribution in [1.29, 1.82) is 0 Å². The average molecular weight is 335 g/mol. The van der Waals surface area contributed by atoms with Crippen molar-refractivity contribution in [1.82, 2.24) is 14.1 Å². The Labute approximate surface area is 136 Å². The Hall–Kier alpha value is -1.70. The molecular weight excluding hydrogens is 314 g/mol. The highest BCUT2D eigenvalue weighted by molar-refractivity contribution is 7.88. The summed E-state index contributed by atoms with van der Waals surface area (Å²) in [4.78, 5) is 0. The molecule has 124 valence electrons. The van der Waals surface area contributed by atoms with E-state index in [1.807, 2.05) is 43.6 Å². The van der Waals surface area contributed by atoms with Crippen LogP contribution < -0.4 is 0 Å². The summed E-state index contributed by atoms with van der Waals surface area (Å²) in [7, 11) is 0.0873. The zero-order valence-corrected chi connectivity index (χ0v) is 14.2. The van der Waals surface area contributed by atoms with Gasteiger partial charge in [-0.3, -0.25) is 4.68 Å². The van der Waals surface area contributed by atoms with Gasteiger partial charge in [-0.15, -0.1) is 0 Å². The van der Waals surface area contributed by atoms with Crippen LogP contribution in [0.5, 0.6) is 0 Å². The topological polar surface area (TPSA) is 64.4 Å². The molecule has 0 saturated heterocycles. The standard InChI is InChI=1S/C16H21N3O3S/c1-18-16-10-19(9-14(11-22-2)15(16)8-17-18)23(20,21)12-13-6-4-3-5-7-13/h3-8,14H,9-12H2,1-2H3/t14-/m0/s1. The maximum Gasteiger partial charge on any atom is 0.218 e. The molecule has 1 aromatic carbocycles. The van der Waals surface area contributed by atoms with Crippen molar-refractivity contribution in [3.05, 3.63) is 53.3 Å². The maximum absolute atomic E-state index is 12.8. The van der Waals surface area contributed by atoms with Crippen LogP contribution in [0.2, 0.25) is 0 Å². The lowest BCUT2D eigenvalue weighted by atomic mass is 9.97. The van der Waals surface area contributed by atoms with Crippen LogP contribution >= 0.6 is 0 Å². The van der Waals surface area contributed by atoms with Crippen molar-refractivity contribution < 1.29 is 13.2 Å². The average Bonchev–Trinajstić information content (AvgIpc) is 2.90. The summed E-state index contributed by atoms with van der Waals surface area (Å²) in [5.74, 6) is 0.0313. The van der Waals surface area contributed by atoms with Gasteiger partial charge in [-0.2, -0.15) is 9.40 Å². The third kappa shape index (κ3) is 3.31. The maximum atomic E-state index is 12.8. The number of hydrogen-bond donors (Lipinski definition) is 0. The lowest BCUT2D eigenvalue weighted by Gasteiger charge is -2.32. The number of methoxy groups -OCH3 is 1. The van der Waals surface area contributed by atoms with Crippen LogP contribution in [0.4, 0.5) is 0 Å². The van der Waals surface area contributed by atoms with Crippen LogP contribution in [-0.4, -0.2) is 42.8 Å². The molecule has 7 heteroatoms. The first-order valence-corrected chi connectivity index (χ1v) is 9.13. The van der Waals surface area contributed by atoms with Gasteiger partial charge >= 0.3 is 0 Å². The smallest absolute Gasteiger partial charge is 0.218 e. The highest BCUT2D eigenvalue weighted by Gasteiger charge is 2.34. The van der Waals surface area contributed by atoms with E-state index in [4.69, 9.17) is 4.74 Å². The lowest BCUT2D eigenvalue weighted by Crippen LogP contribution is -2.40. The molecule has 3 rings (SSSR count). The minimum Gasteiger partial charge on any atom is -0.384 e. The van der Waals surface area contributed by atoms with Crippen LogP contribution in [0.15, 0.2) is 36.5 Å². The molecular formula is C16H21N3O3S. The van der Waals surface area contributed by atoms with Crippen molar-refractivity contribution in [3.63, 3.8) is 0 Å². The molecule has 2 aromatic rings. The molecule has 0 saturated carbocycles. The monoisotopic (exact) mass is 335 g/mol. The molecule has 0 bridgehead atoms. The number of aromatic nitrogens is 2. The van der Waals surface area contributed by atoms with Gasteiger partial charge in [0.05, 0.1) is 30.8 Å². The highest BCUT2D eigenvalue weighted by atomic mass is 32.2. The fourth-order valence-corrected chi connectivity index (χ4v) is 4.54. The predicted octanol–water partition coefficient (Wildman–Crippen LogP) is 1.50. The largest absolute Gasteiger partial charge is 0.384 e. The molecule has 0 amide bonds. The van der Waals surface area contributed by atoms with Gasteiger partial charge in [0.15, 0.2) is 0 Å². The van der Waals surface area contributed by atoms with Crippen molar-refractivity contribution in [2.75, 3.05) is 20.3 Å². The second-order valence-corrected chi connectivity index (χ2v) is 7.83. The van der Waals surface area contributed by atoms with Gasteiger partial charge in [-0.1, -0.05) is 30.3 Å². The van der Waals surface area contributed by atoms with Crippen molar-refractivity contribution >= 4 is 10.0 Å². The van der Waals surface area contributed by atoms with Crippen LogP contribution in [0.3, 0.4) is 0 Å². The van der Waals surface area contributed by atoms with Crippen LogP contribution in [0.1, 0.15) is 22.7 Å². The number of rotatable bonds is 5. The number of aryl methyl sites for hydroxylation is 1. The van der Waals surface area contributed by atoms with Crippen molar-refractivity contribution in [2.24, 2.45) is 7.05 Å². The molecule has 1 aromatic heterocycles. The summed E-state index contributed by atoms with van der Waals surface area (Å²) in [6, 6.07) is 9.27. The molecule has 6 nitrogen and oxygen atoms in total. The van der Waals surface area contributed by atoms with E-state index in [2.05, 4.69) is 5.10 Å². The fraction of sp³-hybridized carbons (Fsp3) is 0.438. The zero-order chi connectivity index (χ0) is 16.4. The zero-order valence-electron chi connectivity index (χ0n) is 13.3. The number of benzene rings is 1. The Morgan fingerprint density at radius 1 is 1.30 bits per heavy atom. The molecule has 0 aliphatic carbocycles. The third-order valence-electron chi connectivity index (χ3n) is 4.24. The number of hydrogen-bond acceptors (Lipinski definition) is 4. The first kappa shape index (κ1) is 16.2. The molecule has 0 spiro atoms. The van der Waals surface area contributed by atoms with E-state index >= 15 is 0 Å². The molecule has 1 aliphatic rings. The summed E-state index contributed by atoms with van der Waals surface area (Å²) in [6.07, 6.45) is 1.82. The van der Waals surface area contributed by atoms with Gasteiger partial charge < -0.3 is 4.74 Å². The second-order valence-electron chi connectivity index (χ2n) is 5.86. The van der Waals surface area contributed by atoms with E-state index in [9.17, 15) is 8.42 Å². The van der Waals surface area contributed by atoms with Gasteiger partial charge in [0.2, 0.25) is 10.0 Å². The summed E-state index contributed by atoms with van der Waals surface area (Å²) in [6.45, 7) is 1.28. The van der Waals surface area contributed by atoms with Gasteiger partial charge in [-0.25, -0.2) is 8.42 Å². The van der Waals surface area contributed by atoms with E-state index in [1.54, 1.807) is 16.1 Å². The number of sulfonamides is 1. The molecule has 1 aliphatic heterocycles. The molecule has 0 unspecified atom stereocenters. The number of nitrogens with zero attached hydrogens (tertiary/aromatic N) is 3. The van der Waals surface area contributed by atoms with Crippen molar-refractivity contribution in [2.45, 2.75) is 18.2 Å². The Bertz CT molecular complexity index is 771. The van der Waals surface area contributed by atoms with E-state index in [1.165, 1.54) is 0 Å². The first-order valence-electron chi connectivity index (χ1n) is 7.52. The van der Waals surface area contributed by atoms with Crippen LogP contribution in [0, 0.1) is 0 Å². The quantitative estimate of drug-likeness (QED) is 0.830. The minimum atomic E-state index is -3.39. The second kappa shape index (κ2) is 6.43. The Morgan fingerprint density at radius 2 is 2.04 bits per heavy atom. The molecule has 23 heavy (non-hydrogen) atoms. The SMILES string of the molecule is COC[C@@H]1CN(S(=O)(=O)Cc2ccccc2)Cc2c1cnn2C. The fourth-order valence-electron chi connectivity index (χ4n) is 3.02. The Morgan fingerprint density at radius 3 is 2.74 bits per heavy atom. The van der Waals surface area contributed by atoms with Gasteiger partial charge in [0.25, 0.3) is 0 Å². The van der Waals surface area contributed by atoms with Gasteiger partial charge in [0, 0.05) is 32.2 Å². The Balaban J connectivity index is 1.87. The van der Waals surface area contributed by atoms with Crippen molar-refractivity contribution in [3.8, 4) is 0 Å². The molecule has 0 radical (unpaired) electrons. The predicted molar refractivity (Wildman–Crippen MR) is 87.3 cm³/mol. The summed E-state index contributed by atoms with van der Waals surface area (Å²) in [5.41, 5.74) is 2.82. The molecule has 0 fully saturated rings. The van der Waals surface area contributed by atoms with E-state index in [0.717, 1.165) is 16.8 Å². The van der Waals surface area contributed by atoms with E-state index < -0.39 is 10.0 Å². The summed E-state index contributed by atoms with van der Waals surface area (Å²) >= 11 is 0. The van der Waals surface area contributed by atoms with E-state index in [0.29, 0.717) is 19.7 Å². The molecule has 0 N–H and O–H groups in total. The van der Waals surface area contributed by atoms with Gasteiger partial charge in [-0.05, 0) is 5.56 Å².